The first kappa shape index (κ1) is 23.1. The molecule has 0 aliphatic carbocycles. The second kappa shape index (κ2) is 7.89. The van der Waals surface area contributed by atoms with Crippen LogP contribution in [0, 0.1) is 0 Å². The third kappa shape index (κ3) is 299. The van der Waals surface area contributed by atoms with Gasteiger partial charge in [-0.15, -0.1) is 0 Å². The maximum absolute atomic E-state index is 8.63. The standard InChI is InChI=1S/B.H3N.Na.H2O4S/c;;;1-5(2,3)4/h;1H3;;(H2,1,2,3,4)/q;;+1;/p-1. The van der Waals surface area contributed by atoms with Crippen LogP contribution in [0.25, 0.3) is 0 Å². The van der Waals surface area contributed by atoms with Gasteiger partial charge in [0.1, 0.15) is 0 Å². The molecule has 0 amide bonds. The molecule has 43 valence electrons. The van der Waals surface area contributed by atoms with E-state index in [0.29, 0.717) is 0 Å². The Balaban J connectivity index is -0.0000000267. The van der Waals surface area contributed by atoms with Crippen molar-refractivity contribution in [1.82, 2.24) is 6.15 Å². The normalized spacial score (nSPS) is 7.25. The molecule has 3 radical (unpaired) electrons. The summed E-state index contributed by atoms with van der Waals surface area (Å²) in [7, 11) is -4.92. The van der Waals surface area contributed by atoms with Crippen molar-refractivity contribution in [3.63, 3.8) is 0 Å². The van der Waals surface area contributed by atoms with Crippen LogP contribution in [0.3, 0.4) is 0 Å². The van der Waals surface area contributed by atoms with E-state index in [2.05, 4.69) is 0 Å². The molecule has 4 N–H and O–H groups in total. The Labute approximate surface area is 71.9 Å². The minimum Gasteiger partial charge on any atom is -0.726 e. The zero-order valence-electron chi connectivity index (χ0n) is 4.36. The molecule has 0 spiro atoms. The van der Waals surface area contributed by atoms with Gasteiger partial charge in [-0.3, -0.25) is 4.55 Å². The van der Waals surface area contributed by atoms with Crippen LogP contribution in [-0.4, -0.2) is 25.9 Å². The summed E-state index contributed by atoms with van der Waals surface area (Å²) in [5.74, 6) is 0. The van der Waals surface area contributed by atoms with Gasteiger partial charge in [0.15, 0.2) is 0 Å². The van der Waals surface area contributed by atoms with Crippen LogP contribution in [0.4, 0.5) is 0 Å². The number of hydrogen-bond donors (Lipinski definition) is 2. The van der Waals surface area contributed by atoms with Crippen molar-refractivity contribution in [2.24, 2.45) is 0 Å². The van der Waals surface area contributed by atoms with E-state index in [1.165, 1.54) is 0 Å². The fourth-order valence-corrected chi connectivity index (χ4v) is 0. The molecule has 0 aromatic carbocycles. The van der Waals surface area contributed by atoms with E-state index in [9.17, 15) is 0 Å². The molecule has 8 heavy (non-hydrogen) atoms. The Morgan fingerprint density at radius 3 is 1.38 bits per heavy atom. The van der Waals surface area contributed by atoms with E-state index in [0.717, 1.165) is 0 Å². The molecule has 0 fully saturated rings. The van der Waals surface area contributed by atoms with Crippen LogP contribution < -0.4 is 35.7 Å². The van der Waals surface area contributed by atoms with Gasteiger partial charge in [0.05, 0.1) is 0 Å². The maximum atomic E-state index is 8.63. The summed E-state index contributed by atoms with van der Waals surface area (Å²) >= 11 is 0. The zero-order valence-corrected chi connectivity index (χ0v) is 7.18. The molecule has 0 rings (SSSR count). The van der Waals surface area contributed by atoms with E-state index in [1.807, 2.05) is 0 Å². The van der Waals surface area contributed by atoms with Gasteiger partial charge >= 0.3 is 29.6 Å². The molecule has 5 nitrogen and oxygen atoms in total. The Hall–Kier alpha value is 0.895. The molecule has 0 aliphatic rings. The first-order valence-electron chi connectivity index (χ1n) is 0.683. The summed E-state index contributed by atoms with van der Waals surface area (Å²) in [5.41, 5.74) is 0. The SMILES string of the molecule is N.O=S(=O)([O-])O.[B].[Na+]. The topological polar surface area (TPSA) is 112 Å². The van der Waals surface area contributed by atoms with Gasteiger partial charge in [-0.1, -0.05) is 0 Å². The molecule has 0 heterocycles. The quantitative estimate of drug-likeness (QED) is 0.205. The fraction of sp³-hybridized carbons (Fsp3) is 0. The van der Waals surface area contributed by atoms with Gasteiger partial charge in [-0.2, -0.15) is 0 Å². The smallest absolute Gasteiger partial charge is 0.726 e. The van der Waals surface area contributed by atoms with Crippen LogP contribution in [0.2, 0.25) is 0 Å². The molecule has 0 aliphatic heterocycles. The molecule has 0 saturated heterocycles. The Bertz CT molecular complexity index is 99.2. The van der Waals surface area contributed by atoms with Crippen LogP contribution in [-0.2, 0) is 10.4 Å². The van der Waals surface area contributed by atoms with Crippen molar-refractivity contribution in [3.05, 3.63) is 0 Å². The summed E-state index contributed by atoms with van der Waals surface area (Å²) in [4.78, 5) is 0. The summed E-state index contributed by atoms with van der Waals surface area (Å²) < 4.78 is 32.8. The van der Waals surface area contributed by atoms with Crippen LogP contribution >= 0.6 is 0 Å². The largest absolute Gasteiger partial charge is 1.00 e. The number of hydrogen-bond acceptors (Lipinski definition) is 4. The number of rotatable bonds is 0. The molecule has 0 unspecified atom stereocenters. The third-order valence-corrected chi connectivity index (χ3v) is 0. The van der Waals surface area contributed by atoms with Crippen molar-refractivity contribution >= 4 is 18.8 Å². The second-order valence-corrected chi connectivity index (χ2v) is 1.28. The molecule has 0 bridgehead atoms. The minimum absolute atomic E-state index is 0. The van der Waals surface area contributed by atoms with Gasteiger partial charge in [-0.05, 0) is 0 Å². The maximum Gasteiger partial charge on any atom is 1.00 e. The van der Waals surface area contributed by atoms with Gasteiger partial charge < -0.3 is 10.7 Å². The van der Waals surface area contributed by atoms with E-state index in [1.54, 1.807) is 0 Å². The van der Waals surface area contributed by atoms with Crippen molar-refractivity contribution in [1.29, 1.82) is 0 Å². The Morgan fingerprint density at radius 2 is 1.38 bits per heavy atom. The monoisotopic (exact) mass is 148 g/mol. The van der Waals surface area contributed by atoms with E-state index < -0.39 is 10.4 Å². The van der Waals surface area contributed by atoms with Gasteiger partial charge in [0, 0.05) is 8.41 Å². The van der Waals surface area contributed by atoms with Crippen molar-refractivity contribution in [3.8, 4) is 0 Å². The van der Waals surface area contributed by atoms with Gasteiger partial charge in [-0.25, -0.2) is 8.42 Å². The molecule has 0 aromatic rings. The van der Waals surface area contributed by atoms with Crippen molar-refractivity contribution in [2.45, 2.75) is 0 Å². The summed E-state index contributed by atoms with van der Waals surface area (Å²) in [6, 6.07) is 0. The van der Waals surface area contributed by atoms with E-state index in [4.69, 9.17) is 17.5 Å². The first-order chi connectivity index (χ1) is 2.00. The second-order valence-electron chi connectivity index (χ2n) is 0.428. The fourth-order valence-electron chi connectivity index (χ4n) is 0. The molecular formula is H4BNNaO4S. The summed E-state index contributed by atoms with van der Waals surface area (Å²) in [6.07, 6.45) is 0. The molecular weight excluding hydrogens is 144 g/mol. The average Bonchev–Trinajstić information content (AvgIpc) is 0.722. The molecule has 0 atom stereocenters. The molecule has 8 heteroatoms. The Kier molecular flexibility index (Phi) is 22.8. The zero-order chi connectivity index (χ0) is 4.50. The van der Waals surface area contributed by atoms with Gasteiger partial charge in [0.25, 0.3) is 0 Å². The summed E-state index contributed by atoms with van der Waals surface area (Å²) in [6.45, 7) is 0. The predicted octanol–water partition coefficient (Wildman–Crippen LogP) is -4.21. The third-order valence-electron chi connectivity index (χ3n) is 0. The van der Waals surface area contributed by atoms with E-state index >= 15 is 0 Å². The van der Waals surface area contributed by atoms with Crippen LogP contribution in [0.1, 0.15) is 0 Å². The van der Waals surface area contributed by atoms with Crippen molar-refractivity contribution in [2.75, 3.05) is 0 Å². The van der Waals surface area contributed by atoms with Crippen LogP contribution in [0.15, 0.2) is 0 Å². The van der Waals surface area contributed by atoms with Crippen LogP contribution in [0.5, 0.6) is 0 Å². The Morgan fingerprint density at radius 1 is 1.38 bits per heavy atom. The van der Waals surface area contributed by atoms with E-state index in [-0.39, 0.29) is 44.1 Å². The van der Waals surface area contributed by atoms with Crippen molar-refractivity contribution < 1.29 is 47.1 Å². The molecule has 0 aromatic heterocycles. The minimum atomic E-state index is -4.92. The average molecular weight is 148 g/mol. The predicted molar refractivity (Wildman–Crippen MR) is 23.1 cm³/mol. The molecule has 0 saturated carbocycles. The summed E-state index contributed by atoms with van der Waals surface area (Å²) in [5, 5.41) is 0. The first-order valence-corrected chi connectivity index (χ1v) is 2.05. The van der Waals surface area contributed by atoms with Gasteiger partial charge in [0.2, 0.25) is 10.4 Å².